The Morgan fingerprint density at radius 2 is 2.00 bits per heavy atom. The van der Waals surface area contributed by atoms with Crippen LogP contribution < -0.4 is 20.9 Å². The molecular formula is C19H30N4O3. The molecule has 0 radical (unpaired) electrons. The van der Waals surface area contributed by atoms with E-state index >= 15 is 0 Å². The van der Waals surface area contributed by atoms with E-state index in [2.05, 4.69) is 28.3 Å². The SMILES string of the molecule is CCOC(=O)N1CCC(NCC2CNNC2c2ccc(OC)cc2)CC1. The van der Waals surface area contributed by atoms with Gasteiger partial charge in [0.25, 0.3) is 0 Å². The largest absolute Gasteiger partial charge is 0.497 e. The Bertz CT molecular complexity index is 573. The van der Waals surface area contributed by atoms with Crippen LogP contribution in [0.25, 0.3) is 0 Å². The van der Waals surface area contributed by atoms with Crippen LogP contribution in [0.4, 0.5) is 4.79 Å². The average Bonchev–Trinajstić information content (AvgIpc) is 3.15. The van der Waals surface area contributed by atoms with Crippen LogP contribution in [0.3, 0.4) is 0 Å². The number of likely N-dealkylation sites (tertiary alicyclic amines) is 1. The molecule has 2 atom stereocenters. The van der Waals surface area contributed by atoms with Crippen molar-refractivity contribution in [2.75, 3.05) is 39.9 Å². The second-order valence-corrected chi connectivity index (χ2v) is 6.90. The number of piperidine rings is 1. The van der Waals surface area contributed by atoms with Gasteiger partial charge < -0.3 is 19.7 Å². The summed E-state index contributed by atoms with van der Waals surface area (Å²) in [5.41, 5.74) is 7.93. The normalized spacial score (nSPS) is 23.8. The zero-order valence-electron chi connectivity index (χ0n) is 15.7. The van der Waals surface area contributed by atoms with Crippen molar-refractivity contribution < 1.29 is 14.3 Å². The van der Waals surface area contributed by atoms with Crippen molar-refractivity contribution in [1.29, 1.82) is 0 Å². The first-order valence-corrected chi connectivity index (χ1v) is 9.48. The molecule has 2 saturated heterocycles. The van der Waals surface area contributed by atoms with Gasteiger partial charge in [-0.3, -0.25) is 5.43 Å². The molecule has 0 saturated carbocycles. The molecule has 1 aromatic carbocycles. The van der Waals surface area contributed by atoms with E-state index in [0.29, 0.717) is 18.6 Å². The molecule has 26 heavy (non-hydrogen) atoms. The highest BCUT2D eigenvalue weighted by molar-refractivity contribution is 5.67. The summed E-state index contributed by atoms with van der Waals surface area (Å²) < 4.78 is 10.3. The zero-order valence-corrected chi connectivity index (χ0v) is 15.7. The van der Waals surface area contributed by atoms with Crippen LogP contribution in [0.1, 0.15) is 31.4 Å². The number of hydrogen-bond acceptors (Lipinski definition) is 6. The molecule has 0 aromatic heterocycles. The molecule has 0 aliphatic carbocycles. The molecule has 144 valence electrons. The minimum atomic E-state index is -0.185. The smallest absolute Gasteiger partial charge is 0.409 e. The molecule has 2 fully saturated rings. The van der Waals surface area contributed by atoms with Crippen molar-refractivity contribution in [2.24, 2.45) is 5.92 Å². The van der Waals surface area contributed by atoms with Gasteiger partial charge in [0.1, 0.15) is 5.75 Å². The van der Waals surface area contributed by atoms with Crippen molar-refractivity contribution in [3.8, 4) is 5.75 Å². The number of rotatable bonds is 6. The quantitative estimate of drug-likeness (QED) is 0.715. The number of carbonyl (C=O) groups excluding carboxylic acids is 1. The fourth-order valence-corrected chi connectivity index (χ4v) is 3.69. The Morgan fingerprint density at radius 1 is 1.27 bits per heavy atom. The van der Waals surface area contributed by atoms with E-state index in [4.69, 9.17) is 9.47 Å². The Hall–Kier alpha value is -1.83. The molecule has 7 nitrogen and oxygen atoms in total. The minimum Gasteiger partial charge on any atom is -0.497 e. The highest BCUT2D eigenvalue weighted by Crippen LogP contribution is 2.26. The maximum absolute atomic E-state index is 11.8. The first-order chi connectivity index (χ1) is 12.7. The van der Waals surface area contributed by atoms with E-state index in [1.54, 1.807) is 12.0 Å². The lowest BCUT2D eigenvalue weighted by molar-refractivity contribution is 0.0947. The molecule has 1 aromatic rings. The van der Waals surface area contributed by atoms with Crippen molar-refractivity contribution >= 4 is 6.09 Å². The first-order valence-electron chi connectivity index (χ1n) is 9.48. The monoisotopic (exact) mass is 362 g/mol. The number of benzene rings is 1. The van der Waals surface area contributed by atoms with Crippen molar-refractivity contribution in [3.05, 3.63) is 29.8 Å². The topological polar surface area (TPSA) is 74.9 Å². The molecule has 2 heterocycles. The molecule has 2 aliphatic rings. The zero-order chi connectivity index (χ0) is 18.4. The van der Waals surface area contributed by atoms with E-state index in [1.165, 1.54) is 5.56 Å². The number of ether oxygens (including phenoxy) is 2. The van der Waals surface area contributed by atoms with Crippen molar-refractivity contribution in [2.45, 2.75) is 31.8 Å². The molecule has 0 bridgehead atoms. The maximum Gasteiger partial charge on any atom is 0.409 e. The van der Waals surface area contributed by atoms with Crippen molar-refractivity contribution in [3.63, 3.8) is 0 Å². The summed E-state index contributed by atoms with van der Waals surface area (Å²) in [5.74, 6) is 1.36. The van der Waals surface area contributed by atoms with E-state index in [1.807, 2.05) is 19.1 Å². The van der Waals surface area contributed by atoms with Crippen LogP contribution in [0.15, 0.2) is 24.3 Å². The van der Waals surface area contributed by atoms with E-state index in [9.17, 15) is 4.79 Å². The third kappa shape index (κ3) is 4.66. The lowest BCUT2D eigenvalue weighted by atomic mass is 9.94. The number of methoxy groups -OCH3 is 1. The van der Waals surface area contributed by atoms with Gasteiger partial charge in [0.2, 0.25) is 0 Å². The minimum absolute atomic E-state index is 0.185. The average molecular weight is 362 g/mol. The second-order valence-electron chi connectivity index (χ2n) is 6.90. The highest BCUT2D eigenvalue weighted by atomic mass is 16.6. The number of amides is 1. The van der Waals surface area contributed by atoms with Gasteiger partial charge in [-0.1, -0.05) is 12.1 Å². The van der Waals surface area contributed by atoms with Gasteiger partial charge in [-0.15, -0.1) is 0 Å². The highest BCUT2D eigenvalue weighted by Gasteiger charge is 2.30. The number of nitrogens with one attached hydrogen (secondary N) is 3. The summed E-state index contributed by atoms with van der Waals surface area (Å²) in [6, 6.07) is 8.99. The maximum atomic E-state index is 11.8. The summed E-state index contributed by atoms with van der Waals surface area (Å²) in [4.78, 5) is 13.6. The van der Waals surface area contributed by atoms with Gasteiger partial charge in [0, 0.05) is 38.1 Å². The van der Waals surface area contributed by atoms with Gasteiger partial charge in [0.15, 0.2) is 0 Å². The number of hydrogen-bond donors (Lipinski definition) is 3. The summed E-state index contributed by atoms with van der Waals surface area (Å²) in [6.45, 7) is 5.69. The van der Waals surface area contributed by atoms with Gasteiger partial charge in [-0.25, -0.2) is 10.2 Å². The molecule has 2 unspecified atom stereocenters. The fourth-order valence-electron chi connectivity index (χ4n) is 3.69. The van der Waals surface area contributed by atoms with Gasteiger partial charge in [-0.05, 0) is 37.5 Å². The van der Waals surface area contributed by atoms with E-state index in [0.717, 1.165) is 44.8 Å². The fraction of sp³-hybridized carbons (Fsp3) is 0.632. The van der Waals surface area contributed by atoms with Crippen LogP contribution in [0, 0.1) is 5.92 Å². The molecule has 1 amide bonds. The van der Waals surface area contributed by atoms with Crippen LogP contribution in [0.5, 0.6) is 5.75 Å². The van der Waals surface area contributed by atoms with Crippen LogP contribution in [0.2, 0.25) is 0 Å². The van der Waals surface area contributed by atoms with Gasteiger partial charge >= 0.3 is 6.09 Å². The second kappa shape index (κ2) is 9.21. The third-order valence-corrected chi connectivity index (χ3v) is 5.26. The van der Waals surface area contributed by atoms with Crippen LogP contribution in [-0.4, -0.2) is 56.9 Å². The van der Waals surface area contributed by atoms with Crippen LogP contribution in [-0.2, 0) is 4.74 Å². The number of hydrazine groups is 1. The lowest BCUT2D eigenvalue weighted by Crippen LogP contribution is -2.46. The summed E-state index contributed by atoms with van der Waals surface area (Å²) in [6.07, 6.45) is 1.76. The van der Waals surface area contributed by atoms with Gasteiger partial charge in [-0.2, -0.15) is 0 Å². The Balaban J connectivity index is 1.46. The molecule has 0 spiro atoms. The Labute approximate surface area is 155 Å². The Morgan fingerprint density at radius 3 is 2.65 bits per heavy atom. The number of carbonyl (C=O) groups is 1. The standard InChI is InChI=1S/C19H30N4O3/c1-3-26-19(24)23-10-8-16(9-11-23)20-12-15-13-21-22-18(15)14-4-6-17(25-2)7-5-14/h4-7,15-16,18,20-22H,3,8-13H2,1-2H3. The predicted molar refractivity (Wildman–Crippen MR) is 100.0 cm³/mol. The van der Waals surface area contributed by atoms with Gasteiger partial charge in [0.05, 0.1) is 19.8 Å². The Kier molecular flexibility index (Phi) is 6.71. The molecule has 7 heteroatoms. The molecular weight excluding hydrogens is 332 g/mol. The van der Waals surface area contributed by atoms with E-state index < -0.39 is 0 Å². The van der Waals surface area contributed by atoms with Crippen molar-refractivity contribution in [1.82, 2.24) is 21.1 Å². The molecule has 3 N–H and O–H groups in total. The molecule has 2 aliphatic heterocycles. The third-order valence-electron chi connectivity index (χ3n) is 5.26. The molecule has 3 rings (SSSR count). The first kappa shape index (κ1) is 18.9. The van der Waals surface area contributed by atoms with Crippen LogP contribution >= 0.6 is 0 Å². The summed E-state index contributed by atoms with van der Waals surface area (Å²) >= 11 is 0. The lowest BCUT2D eigenvalue weighted by Gasteiger charge is -2.32. The number of nitrogens with zero attached hydrogens (tertiary/aromatic N) is 1. The summed E-state index contributed by atoms with van der Waals surface area (Å²) in [5, 5.41) is 3.69. The predicted octanol–water partition coefficient (Wildman–Crippen LogP) is 1.67. The summed E-state index contributed by atoms with van der Waals surface area (Å²) in [7, 11) is 1.68. The van der Waals surface area contributed by atoms with E-state index in [-0.39, 0.29) is 12.1 Å².